The number of rotatable bonds is 8. The number of aromatic nitrogens is 1. The summed E-state index contributed by atoms with van der Waals surface area (Å²) in [6, 6.07) is 22.8. The largest absolute Gasteiger partial charge is 0.481 e. The molecule has 0 aliphatic carbocycles. The highest BCUT2D eigenvalue weighted by molar-refractivity contribution is 9.10. The zero-order valence-corrected chi connectivity index (χ0v) is 22.4. The van der Waals surface area contributed by atoms with Gasteiger partial charge in [-0.3, -0.25) is 9.59 Å². The van der Waals surface area contributed by atoms with Crippen LogP contribution in [0.5, 0.6) is 0 Å². The van der Waals surface area contributed by atoms with Crippen molar-refractivity contribution in [1.82, 2.24) is 10.3 Å². The van der Waals surface area contributed by atoms with Crippen molar-refractivity contribution in [3.63, 3.8) is 0 Å². The van der Waals surface area contributed by atoms with Gasteiger partial charge in [-0.1, -0.05) is 83.0 Å². The van der Waals surface area contributed by atoms with Crippen LogP contribution in [0.25, 0.3) is 22.2 Å². The number of halogens is 2. The van der Waals surface area contributed by atoms with E-state index in [4.69, 9.17) is 16.6 Å². The second-order valence-corrected chi connectivity index (χ2v) is 10.4. The van der Waals surface area contributed by atoms with Crippen LogP contribution in [-0.4, -0.2) is 28.5 Å². The molecule has 0 saturated heterocycles. The molecule has 184 valence electrons. The molecule has 0 aliphatic rings. The first-order valence-corrected chi connectivity index (χ1v) is 12.8. The number of amides is 1. The Morgan fingerprint density at radius 3 is 2.44 bits per heavy atom. The number of carboxylic acids is 1. The molecule has 7 heteroatoms. The quantitative estimate of drug-likeness (QED) is 0.237. The van der Waals surface area contributed by atoms with E-state index in [1.807, 2.05) is 80.6 Å². The lowest BCUT2D eigenvalue weighted by Gasteiger charge is -2.31. The summed E-state index contributed by atoms with van der Waals surface area (Å²) in [7, 11) is 0. The molecule has 1 unspecified atom stereocenters. The van der Waals surface area contributed by atoms with Crippen LogP contribution in [0.1, 0.15) is 41.3 Å². The molecule has 0 bridgehead atoms. The lowest BCUT2D eigenvalue weighted by Crippen LogP contribution is -2.39. The zero-order chi connectivity index (χ0) is 25.9. The molecule has 0 radical (unpaired) electrons. The van der Waals surface area contributed by atoms with E-state index in [1.165, 1.54) is 0 Å². The molecule has 1 aromatic heterocycles. The minimum atomic E-state index is -0.895. The second-order valence-electron chi connectivity index (χ2n) is 9.10. The Labute approximate surface area is 223 Å². The van der Waals surface area contributed by atoms with Crippen LogP contribution in [-0.2, 0) is 10.2 Å². The van der Waals surface area contributed by atoms with Gasteiger partial charge in [-0.2, -0.15) is 0 Å². The highest BCUT2D eigenvalue weighted by atomic mass is 79.9. The molecule has 0 saturated carbocycles. The lowest BCUT2D eigenvalue weighted by atomic mass is 9.78. The van der Waals surface area contributed by atoms with Gasteiger partial charge in [-0.05, 0) is 48.7 Å². The Bertz CT molecular complexity index is 1440. The molecule has 0 aliphatic heterocycles. The third-order valence-corrected chi connectivity index (χ3v) is 7.34. The number of nitrogens with one attached hydrogen (secondary N) is 1. The molecule has 3 aromatic carbocycles. The first-order chi connectivity index (χ1) is 17.2. The normalized spacial score (nSPS) is 12.8. The van der Waals surface area contributed by atoms with E-state index >= 15 is 0 Å². The standard InChI is InChI=1S/C29H26BrClN2O3/c1-18-26(21-16-20(30)12-13-24(21)33-27(18)19-8-4-3-5-9-19)28(36)32-17-29(2,15-14-25(34)35)22-10-6-7-11-23(22)31/h3-13,16H,14-15,17H2,1-2H3,(H,32,36)(H,34,35). The van der Waals surface area contributed by atoms with Crippen molar-refractivity contribution < 1.29 is 14.7 Å². The SMILES string of the molecule is Cc1c(-c2ccccc2)nc2ccc(Br)cc2c1C(=O)NCC(C)(CCC(=O)O)c1ccccc1Cl. The predicted molar refractivity (Wildman–Crippen MR) is 148 cm³/mol. The molecule has 1 amide bonds. The number of pyridine rings is 1. The van der Waals surface area contributed by atoms with E-state index in [0.717, 1.165) is 32.2 Å². The Morgan fingerprint density at radius 2 is 1.75 bits per heavy atom. The smallest absolute Gasteiger partial charge is 0.303 e. The molecular weight excluding hydrogens is 540 g/mol. The average molecular weight is 566 g/mol. The Balaban J connectivity index is 1.75. The number of aliphatic carboxylic acids is 1. The van der Waals surface area contributed by atoms with Gasteiger partial charge >= 0.3 is 5.97 Å². The summed E-state index contributed by atoms with van der Waals surface area (Å²) in [6.07, 6.45) is 0.281. The van der Waals surface area contributed by atoms with Crippen molar-refractivity contribution in [3.05, 3.63) is 99.0 Å². The molecule has 2 N–H and O–H groups in total. The highest BCUT2D eigenvalue weighted by Crippen LogP contribution is 2.35. The number of carbonyl (C=O) groups excluding carboxylic acids is 1. The summed E-state index contributed by atoms with van der Waals surface area (Å²) < 4.78 is 0.847. The number of hydrogen-bond acceptors (Lipinski definition) is 3. The summed E-state index contributed by atoms with van der Waals surface area (Å²) in [5.41, 5.74) is 3.83. The fraction of sp³-hybridized carbons (Fsp3) is 0.207. The van der Waals surface area contributed by atoms with Gasteiger partial charge in [-0.25, -0.2) is 4.98 Å². The monoisotopic (exact) mass is 564 g/mol. The topological polar surface area (TPSA) is 79.3 Å². The van der Waals surface area contributed by atoms with E-state index in [9.17, 15) is 14.7 Å². The fourth-order valence-corrected chi connectivity index (χ4v) is 5.24. The molecule has 5 nitrogen and oxygen atoms in total. The molecule has 4 aromatic rings. The van der Waals surface area contributed by atoms with Crippen LogP contribution in [0.3, 0.4) is 0 Å². The highest BCUT2D eigenvalue weighted by Gasteiger charge is 2.31. The molecular formula is C29H26BrClN2O3. The van der Waals surface area contributed by atoms with Crippen molar-refractivity contribution in [1.29, 1.82) is 0 Å². The number of hydrogen-bond donors (Lipinski definition) is 2. The van der Waals surface area contributed by atoms with Crippen molar-refractivity contribution >= 4 is 50.3 Å². The Morgan fingerprint density at radius 1 is 1.06 bits per heavy atom. The summed E-state index contributed by atoms with van der Waals surface area (Å²) in [5.74, 6) is -1.14. The summed E-state index contributed by atoms with van der Waals surface area (Å²) in [4.78, 5) is 30.0. The molecule has 1 atom stereocenters. The van der Waals surface area contributed by atoms with E-state index in [1.54, 1.807) is 6.07 Å². The van der Waals surface area contributed by atoms with Crippen LogP contribution in [0, 0.1) is 6.92 Å². The average Bonchev–Trinajstić information content (AvgIpc) is 2.86. The molecule has 36 heavy (non-hydrogen) atoms. The molecule has 4 rings (SSSR count). The molecule has 1 heterocycles. The fourth-order valence-electron chi connectivity index (χ4n) is 4.52. The third kappa shape index (κ3) is 5.45. The maximum atomic E-state index is 13.8. The van der Waals surface area contributed by atoms with Crippen LogP contribution in [0.2, 0.25) is 5.02 Å². The van der Waals surface area contributed by atoms with Gasteiger partial charge in [0.1, 0.15) is 0 Å². The summed E-state index contributed by atoms with van der Waals surface area (Å²) >= 11 is 10.0. The second kappa shape index (κ2) is 10.8. The van der Waals surface area contributed by atoms with Gasteiger partial charge in [0.05, 0.1) is 16.8 Å². The first-order valence-electron chi connectivity index (χ1n) is 11.6. The Hall–Kier alpha value is -3.22. The lowest BCUT2D eigenvalue weighted by molar-refractivity contribution is -0.137. The summed E-state index contributed by atoms with van der Waals surface area (Å²) in [6.45, 7) is 4.06. The maximum absolute atomic E-state index is 13.8. The van der Waals surface area contributed by atoms with Crippen molar-refractivity contribution in [2.75, 3.05) is 6.54 Å². The number of carboxylic acid groups (broad SMARTS) is 1. The van der Waals surface area contributed by atoms with Gasteiger partial charge in [0.15, 0.2) is 0 Å². The maximum Gasteiger partial charge on any atom is 0.303 e. The number of benzene rings is 3. The zero-order valence-electron chi connectivity index (χ0n) is 20.0. The van der Waals surface area contributed by atoms with Crippen LogP contribution in [0.15, 0.2) is 77.3 Å². The number of carbonyl (C=O) groups is 2. The van der Waals surface area contributed by atoms with Gasteiger partial charge in [-0.15, -0.1) is 0 Å². The summed E-state index contributed by atoms with van der Waals surface area (Å²) in [5, 5.41) is 13.7. The van der Waals surface area contributed by atoms with Crippen LogP contribution >= 0.6 is 27.5 Å². The predicted octanol–water partition coefficient (Wildman–Crippen LogP) is 7.18. The number of nitrogens with zero attached hydrogens (tertiary/aromatic N) is 1. The number of fused-ring (bicyclic) bond motifs is 1. The minimum absolute atomic E-state index is 0.0418. The van der Waals surface area contributed by atoms with E-state index in [0.29, 0.717) is 22.5 Å². The van der Waals surface area contributed by atoms with Gasteiger partial charge in [0.2, 0.25) is 0 Å². The van der Waals surface area contributed by atoms with Crippen molar-refractivity contribution in [2.24, 2.45) is 0 Å². The van der Waals surface area contributed by atoms with E-state index in [-0.39, 0.29) is 18.9 Å². The van der Waals surface area contributed by atoms with Crippen molar-refractivity contribution in [3.8, 4) is 11.3 Å². The van der Waals surface area contributed by atoms with Crippen LogP contribution < -0.4 is 5.32 Å². The van der Waals surface area contributed by atoms with E-state index in [2.05, 4.69) is 21.2 Å². The molecule has 0 fully saturated rings. The van der Waals surface area contributed by atoms with Gasteiger partial charge in [0, 0.05) is 38.8 Å². The van der Waals surface area contributed by atoms with Crippen LogP contribution in [0.4, 0.5) is 0 Å². The third-order valence-electron chi connectivity index (χ3n) is 6.52. The minimum Gasteiger partial charge on any atom is -0.481 e. The van der Waals surface area contributed by atoms with Gasteiger partial charge in [0.25, 0.3) is 5.91 Å². The molecule has 0 spiro atoms. The van der Waals surface area contributed by atoms with Crippen molar-refractivity contribution in [2.45, 2.75) is 32.1 Å². The first kappa shape index (κ1) is 25.9. The van der Waals surface area contributed by atoms with E-state index < -0.39 is 11.4 Å². The van der Waals surface area contributed by atoms with Gasteiger partial charge < -0.3 is 10.4 Å². The Kier molecular flexibility index (Phi) is 7.76.